The number of nitrogens with zero attached hydrogens (tertiary/aromatic N) is 1. The van der Waals surface area contributed by atoms with Crippen LogP contribution in [0.3, 0.4) is 0 Å². The molecule has 0 heterocycles. The van der Waals surface area contributed by atoms with Crippen molar-refractivity contribution in [3.8, 4) is 0 Å². The number of thioether (sulfide) groups is 1. The lowest BCUT2D eigenvalue weighted by Crippen LogP contribution is -2.19. The van der Waals surface area contributed by atoms with Gasteiger partial charge in [0.05, 0.1) is 12.0 Å². The molecule has 0 spiro atoms. The van der Waals surface area contributed by atoms with Crippen molar-refractivity contribution in [1.29, 1.82) is 0 Å². The number of hydrazone groups is 1. The van der Waals surface area contributed by atoms with Gasteiger partial charge in [0, 0.05) is 11.3 Å². The van der Waals surface area contributed by atoms with E-state index in [0.29, 0.717) is 5.75 Å². The number of carbonyl (C=O) groups excluding carboxylic acids is 1. The van der Waals surface area contributed by atoms with Gasteiger partial charge in [-0.15, -0.1) is 11.8 Å². The Bertz CT molecular complexity index is 1150. The van der Waals surface area contributed by atoms with E-state index in [1.807, 2.05) is 36.4 Å². The van der Waals surface area contributed by atoms with Crippen LogP contribution in [0, 0.1) is 6.92 Å². The van der Waals surface area contributed by atoms with Crippen LogP contribution in [-0.4, -0.2) is 17.9 Å². The average molecular weight is 399 g/mol. The molecule has 0 aliphatic rings. The highest BCUT2D eigenvalue weighted by molar-refractivity contribution is 7.99. The Balaban J connectivity index is 1.45. The molecule has 0 bridgehead atoms. The Morgan fingerprint density at radius 1 is 0.931 bits per heavy atom. The molecule has 29 heavy (non-hydrogen) atoms. The molecule has 0 aromatic heterocycles. The number of rotatable bonds is 6. The van der Waals surface area contributed by atoms with E-state index in [4.69, 9.17) is 0 Å². The summed E-state index contributed by atoms with van der Waals surface area (Å²) in [6.45, 7) is 2.09. The van der Waals surface area contributed by atoms with Crippen LogP contribution in [0.4, 0.5) is 0 Å². The number of amides is 1. The third-order valence-electron chi connectivity index (χ3n) is 4.95. The lowest BCUT2D eigenvalue weighted by Gasteiger charge is -2.08. The van der Waals surface area contributed by atoms with Crippen LogP contribution in [0.1, 0.15) is 16.7 Å². The van der Waals surface area contributed by atoms with Gasteiger partial charge in [0.1, 0.15) is 0 Å². The number of nitrogens with one attached hydrogen (secondary N) is 1. The Kier molecular flexibility index (Phi) is 5.92. The second kappa shape index (κ2) is 8.93. The first-order chi connectivity index (χ1) is 14.2. The Morgan fingerprint density at radius 3 is 2.24 bits per heavy atom. The van der Waals surface area contributed by atoms with Crippen LogP contribution >= 0.6 is 11.8 Å². The Hall–Kier alpha value is -3.11. The molecule has 1 N–H and O–H groups in total. The van der Waals surface area contributed by atoms with E-state index in [-0.39, 0.29) is 5.91 Å². The summed E-state index contributed by atoms with van der Waals surface area (Å²) in [4.78, 5) is 12.2. The van der Waals surface area contributed by atoms with Gasteiger partial charge >= 0.3 is 0 Å². The average Bonchev–Trinajstić information content (AvgIpc) is 2.74. The molecule has 0 unspecified atom stereocenters. The summed E-state index contributed by atoms with van der Waals surface area (Å²) in [6, 6.07) is 26.9. The summed E-state index contributed by atoms with van der Waals surface area (Å²) >= 11 is 1.59. The number of benzene rings is 4. The fourth-order valence-electron chi connectivity index (χ4n) is 3.41. The van der Waals surface area contributed by atoms with Crippen molar-refractivity contribution >= 4 is 45.4 Å². The maximum Gasteiger partial charge on any atom is 0.250 e. The van der Waals surface area contributed by atoms with Gasteiger partial charge in [-0.3, -0.25) is 4.79 Å². The zero-order chi connectivity index (χ0) is 20.1. The summed E-state index contributed by atoms with van der Waals surface area (Å²) in [5, 5.41) is 8.81. The molecule has 144 valence electrons. The third kappa shape index (κ3) is 4.49. The quantitative estimate of drug-likeness (QED) is 0.258. The first kappa shape index (κ1) is 19.2. The monoisotopic (exact) mass is 398 g/mol. The molecular weight excluding hydrogens is 376 g/mol. The largest absolute Gasteiger partial charge is 0.272 e. The molecule has 3 nitrogen and oxygen atoms in total. The number of hydrogen-bond acceptors (Lipinski definition) is 3. The summed E-state index contributed by atoms with van der Waals surface area (Å²) in [6.07, 6.45) is 1.76. The maximum atomic E-state index is 12.2. The van der Waals surface area contributed by atoms with Gasteiger partial charge in [-0.1, -0.05) is 72.8 Å². The van der Waals surface area contributed by atoms with Crippen LogP contribution in [0.2, 0.25) is 0 Å². The third-order valence-corrected chi connectivity index (χ3v) is 5.93. The normalized spacial score (nSPS) is 11.3. The smallest absolute Gasteiger partial charge is 0.250 e. The predicted molar refractivity (Wildman–Crippen MR) is 125 cm³/mol. The standard InChI is InChI=1S/C25H22N2OS/c1-18-8-2-3-11-21(18)16-29-17-25(28)27-26-15-24-22-12-6-4-9-19(22)14-20-10-5-7-13-23(20)24/h2-15H,16-17H2,1H3,(H,27,28). The summed E-state index contributed by atoms with van der Waals surface area (Å²) in [7, 11) is 0. The minimum atomic E-state index is -0.0932. The SMILES string of the molecule is Cc1ccccc1CSCC(=O)NN=Cc1c2ccccc2cc2ccccc12. The molecule has 0 fully saturated rings. The van der Waals surface area contributed by atoms with Gasteiger partial charge in [-0.25, -0.2) is 5.43 Å². The predicted octanol–water partition coefficient (Wildman–Crippen LogP) is 5.68. The molecule has 4 aromatic rings. The second-order valence-corrected chi connectivity index (χ2v) is 7.93. The highest BCUT2D eigenvalue weighted by atomic mass is 32.2. The first-order valence-electron chi connectivity index (χ1n) is 9.57. The van der Waals surface area contributed by atoms with Gasteiger partial charge in [-0.05, 0) is 45.7 Å². The Morgan fingerprint density at radius 2 is 1.55 bits per heavy atom. The van der Waals surface area contributed by atoms with Gasteiger partial charge in [0.25, 0.3) is 0 Å². The first-order valence-corrected chi connectivity index (χ1v) is 10.7. The summed E-state index contributed by atoms with van der Waals surface area (Å²) in [5.74, 6) is 1.10. The lowest BCUT2D eigenvalue weighted by atomic mass is 9.97. The molecule has 4 rings (SSSR count). The van der Waals surface area contributed by atoms with Crippen LogP contribution in [-0.2, 0) is 10.5 Å². The van der Waals surface area contributed by atoms with E-state index in [2.05, 4.69) is 59.9 Å². The molecule has 4 aromatic carbocycles. The van der Waals surface area contributed by atoms with Crippen molar-refractivity contribution in [2.75, 3.05) is 5.75 Å². The number of hydrogen-bond donors (Lipinski definition) is 1. The van der Waals surface area contributed by atoms with Crippen LogP contribution in [0.25, 0.3) is 21.5 Å². The minimum Gasteiger partial charge on any atom is -0.272 e. The molecule has 0 saturated heterocycles. The van der Waals surface area contributed by atoms with Crippen molar-refractivity contribution in [2.24, 2.45) is 5.10 Å². The highest BCUT2D eigenvalue weighted by Crippen LogP contribution is 2.27. The van der Waals surface area contributed by atoms with Crippen molar-refractivity contribution in [3.63, 3.8) is 0 Å². The molecule has 0 aliphatic carbocycles. The fourth-order valence-corrected chi connectivity index (χ4v) is 4.31. The zero-order valence-electron chi connectivity index (χ0n) is 16.3. The van der Waals surface area contributed by atoms with Crippen molar-refractivity contribution in [2.45, 2.75) is 12.7 Å². The molecule has 4 heteroatoms. The molecule has 0 aliphatic heterocycles. The molecule has 1 amide bonds. The lowest BCUT2D eigenvalue weighted by molar-refractivity contribution is -0.118. The minimum absolute atomic E-state index is 0.0932. The molecule has 0 atom stereocenters. The summed E-state index contributed by atoms with van der Waals surface area (Å²) in [5.41, 5.74) is 6.20. The second-order valence-electron chi connectivity index (χ2n) is 6.94. The fraction of sp³-hybridized carbons (Fsp3) is 0.120. The zero-order valence-corrected chi connectivity index (χ0v) is 17.1. The Labute approximate surface area is 174 Å². The van der Waals surface area contributed by atoms with Crippen LogP contribution < -0.4 is 5.43 Å². The van der Waals surface area contributed by atoms with Crippen molar-refractivity contribution in [3.05, 3.63) is 95.6 Å². The highest BCUT2D eigenvalue weighted by Gasteiger charge is 2.06. The van der Waals surface area contributed by atoms with E-state index >= 15 is 0 Å². The molecular formula is C25H22N2OS. The van der Waals surface area contributed by atoms with Crippen LogP contribution in [0.15, 0.2) is 84.0 Å². The van der Waals surface area contributed by atoms with Gasteiger partial charge in [0.2, 0.25) is 5.91 Å². The van der Waals surface area contributed by atoms with E-state index in [1.54, 1.807) is 18.0 Å². The van der Waals surface area contributed by atoms with Gasteiger partial charge in [0.15, 0.2) is 0 Å². The number of fused-ring (bicyclic) bond motifs is 2. The number of aryl methyl sites for hydroxylation is 1. The van der Waals surface area contributed by atoms with Gasteiger partial charge in [-0.2, -0.15) is 5.10 Å². The van der Waals surface area contributed by atoms with E-state index < -0.39 is 0 Å². The topological polar surface area (TPSA) is 41.5 Å². The number of carbonyl (C=O) groups is 1. The maximum absolute atomic E-state index is 12.2. The molecule has 0 radical (unpaired) electrons. The van der Waals surface area contributed by atoms with Crippen LogP contribution in [0.5, 0.6) is 0 Å². The van der Waals surface area contributed by atoms with Crippen molar-refractivity contribution < 1.29 is 4.79 Å². The van der Waals surface area contributed by atoms with E-state index in [1.165, 1.54) is 11.1 Å². The van der Waals surface area contributed by atoms with E-state index in [9.17, 15) is 4.79 Å². The summed E-state index contributed by atoms with van der Waals surface area (Å²) < 4.78 is 0. The van der Waals surface area contributed by atoms with E-state index in [0.717, 1.165) is 32.9 Å². The van der Waals surface area contributed by atoms with Crippen molar-refractivity contribution in [1.82, 2.24) is 5.43 Å². The van der Waals surface area contributed by atoms with Gasteiger partial charge < -0.3 is 0 Å². The molecule has 0 saturated carbocycles.